The molecule has 2 N–H and O–H groups in total. The van der Waals surface area contributed by atoms with Crippen molar-refractivity contribution in [2.45, 2.75) is 37.8 Å². The second kappa shape index (κ2) is 9.43. The number of benzene rings is 1. The van der Waals surface area contributed by atoms with Gasteiger partial charge in [0.2, 0.25) is 0 Å². The van der Waals surface area contributed by atoms with E-state index in [4.69, 9.17) is 0 Å². The van der Waals surface area contributed by atoms with Gasteiger partial charge in [0.1, 0.15) is 0 Å². The number of nitrogens with zero attached hydrogens (tertiary/aromatic N) is 2. The topological polar surface area (TPSA) is 49.3 Å². The summed E-state index contributed by atoms with van der Waals surface area (Å²) in [6.07, 6.45) is -1.68. The highest BCUT2D eigenvalue weighted by Crippen LogP contribution is 2.48. The summed E-state index contributed by atoms with van der Waals surface area (Å²) < 4.78 is 37.8. The first-order valence-electron chi connectivity index (χ1n) is 8.86. The Morgan fingerprint density at radius 3 is 2.54 bits per heavy atom. The van der Waals surface area contributed by atoms with Crippen molar-refractivity contribution < 1.29 is 13.2 Å². The van der Waals surface area contributed by atoms with Crippen molar-refractivity contribution in [3.63, 3.8) is 0 Å². The van der Waals surface area contributed by atoms with E-state index in [1.165, 1.54) is 11.1 Å². The molecule has 3 rings (SSSR count). The van der Waals surface area contributed by atoms with Crippen LogP contribution < -0.4 is 10.6 Å². The predicted octanol–water partition coefficient (Wildman–Crippen LogP) is 4.53. The SMILES string of the molecule is CN=C(NCCc1nc(C(F)(F)F)cs1)NCC1(c2ccccc2C)CC1.I. The fraction of sp³-hybridized carbons (Fsp3) is 0.474. The molecule has 0 aliphatic heterocycles. The monoisotopic (exact) mass is 524 g/mol. The van der Waals surface area contributed by atoms with Crippen LogP contribution in [0, 0.1) is 6.92 Å². The van der Waals surface area contributed by atoms with E-state index in [0.717, 1.165) is 36.1 Å². The maximum Gasteiger partial charge on any atom is 0.434 e. The minimum atomic E-state index is -4.38. The van der Waals surface area contributed by atoms with Crippen LogP contribution in [0.5, 0.6) is 0 Å². The average molecular weight is 524 g/mol. The summed E-state index contributed by atoms with van der Waals surface area (Å²) in [5.74, 6) is 0.655. The summed E-state index contributed by atoms with van der Waals surface area (Å²) in [6.45, 7) is 3.39. The molecule has 0 saturated heterocycles. The average Bonchev–Trinajstić information content (AvgIpc) is 3.25. The molecule has 0 bridgehead atoms. The van der Waals surface area contributed by atoms with Crippen LogP contribution in [0.1, 0.15) is 34.7 Å². The lowest BCUT2D eigenvalue weighted by Crippen LogP contribution is -2.42. The second-order valence-electron chi connectivity index (χ2n) is 6.82. The number of halogens is 4. The van der Waals surface area contributed by atoms with E-state index in [-0.39, 0.29) is 29.4 Å². The van der Waals surface area contributed by atoms with Crippen LogP contribution in [0.4, 0.5) is 13.2 Å². The highest BCUT2D eigenvalue weighted by molar-refractivity contribution is 14.0. The Hall–Kier alpha value is -1.36. The highest BCUT2D eigenvalue weighted by Gasteiger charge is 2.44. The Balaban J connectivity index is 0.00000280. The molecular formula is C19H24F3IN4S. The van der Waals surface area contributed by atoms with Crippen molar-refractivity contribution in [3.05, 3.63) is 51.5 Å². The third-order valence-corrected chi connectivity index (χ3v) is 5.77. The first kappa shape index (κ1) is 22.9. The lowest BCUT2D eigenvalue weighted by atomic mass is 9.92. The van der Waals surface area contributed by atoms with Gasteiger partial charge in [0, 0.05) is 37.4 Å². The zero-order chi connectivity index (χ0) is 19.5. The number of hydrogen-bond acceptors (Lipinski definition) is 3. The molecule has 1 aliphatic rings. The number of nitrogens with one attached hydrogen (secondary N) is 2. The van der Waals surface area contributed by atoms with Crippen molar-refractivity contribution in [1.82, 2.24) is 15.6 Å². The molecule has 1 aromatic heterocycles. The molecule has 1 saturated carbocycles. The molecule has 0 unspecified atom stereocenters. The lowest BCUT2D eigenvalue weighted by molar-refractivity contribution is -0.140. The molecule has 0 amide bonds. The zero-order valence-electron chi connectivity index (χ0n) is 15.8. The Bertz CT molecular complexity index is 816. The first-order chi connectivity index (χ1) is 12.8. The van der Waals surface area contributed by atoms with E-state index in [2.05, 4.69) is 45.7 Å². The molecule has 4 nitrogen and oxygen atoms in total. The largest absolute Gasteiger partial charge is 0.434 e. The molecule has 28 heavy (non-hydrogen) atoms. The second-order valence-corrected chi connectivity index (χ2v) is 7.76. The van der Waals surface area contributed by atoms with Gasteiger partial charge in [-0.15, -0.1) is 35.3 Å². The van der Waals surface area contributed by atoms with Crippen LogP contribution in [-0.2, 0) is 18.0 Å². The maximum atomic E-state index is 12.6. The number of guanidine groups is 1. The van der Waals surface area contributed by atoms with Gasteiger partial charge in [-0.1, -0.05) is 24.3 Å². The van der Waals surface area contributed by atoms with Crippen LogP contribution in [0.2, 0.25) is 0 Å². The number of alkyl halides is 3. The molecular weight excluding hydrogens is 500 g/mol. The maximum absolute atomic E-state index is 12.6. The summed E-state index contributed by atoms with van der Waals surface area (Å²) in [5.41, 5.74) is 2.00. The van der Waals surface area contributed by atoms with Gasteiger partial charge in [0.25, 0.3) is 0 Å². The molecule has 1 aromatic carbocycles. The number of rotatable bonds is 6. The summed E-state index contributed by atoms with van der Waals surface area (Å²) in [7, 11) is 1.69. The normalized spacial score (nSPS) is 15.7. The molecule has 1 aliphatic carbocycles. The molecule has 9 heteroatoms. The van der Waals surface area contributed by atoms with E-state index in [9.17, 15) is 13.2 Å². The van der Waals surface area contributed by atoms with Gasteiger partial charge in [-0.25, -0.2) is 4.98 Å². The summed E-state index contributed by atoms with van der Waals surface area (Å²) in [5, 5.41) is 8.03. The van der Waals surface area contributed by atoms with Crippen LogP contribution in [0.3, 0.4) is 0 Å². The fourth-order valence-electron chi connectivity index (χ4n) is 3.18. The molecule has 1 fully saturated rings. The molecule has 2 aromatic rings. The van der Waals surface area contributed by atoms with Gasteiger partial charge in [-0.05, 0) is 30.9 Å². The van der Waals surface area contributed by atoms with Crippen LogP contribution in [-0.4, -0.2) is 31.1 Å². The Kier molecular flexibility index (Phi) is 7.72. The summed E-state index contributed by atoms with van der Waals surface area (Å²) in [6, 6.07) is 8.43. The van der Waals surface area contributed by atoms with Crippen molar-refractivity contribution in [1.29, 1.82) is 0 Å². The van der Waals surface area contributed by atoms with Gasteiger partial charge < -0.3 is 10.6 Å². The van der Waals surface area contributed by atoms with E-state index in [1.807, 2.05) is 6.07 Å². The van der Waals surface area contributed by atoms with E-state index in [1.54, 1.807) is 7.05 Å². The van der Waals surface area contributed by atoms with E-state index < -0.39 is 11.9 Å². The van der Waals surface area contributed by atoms with Gasteiger partial charge in [-0.2, -0.15) is 13.2 Å². The Morgan fingerprint density at radius 1 is 1.25 bits per heavy atom. The zero-order valence-corrected chi connectivity index (χ0v) is 18.9. The van der Waals surface area contributed by atoms with Gasteiger partial charge >= 0.3 is 6.18 Å². The molecule has 0 radical (unpaired) electrons. The van der Waals surface area contributed by atoms with Crippen LogP contribution >= 0.6 is 35.3 Å². The summed E-state index contributed by atoms with van der Waals surface area (Å²) in [4.78, 5) is 7.85. The fourth-order valence-corrected chi connectivity index (χ4v) is 3.98. The highest BCUT2D eigenvalue weighted by atomic mass is 127. The van der Waals surface area contributed by atoms with Crippen molar-refractivity contribution >= 4 is 41.3 Å². The lowest BCUT2D eigenvalue weighted by Gasteiger charge is -2.20. The van der Waals surface area contributed by atoms with Crippen molar-refractivity contribution in [3.8, 4) is 0 Å². The van der Waals surface area contributed by atoms with Gasteiger partial charge in [0.15, 0.2) is 11.7 Å². The third kappa shape index (κ3) is 5.59. The number of aromatic nitrogens is 1. The standard InChI is InChI=1S/C19H23F3N4S.HI/c1-13-5-3-4-6-14(13)18(8-9-18)12-25-17(23-2)24-10-7-16-26-15(11-27-16)19(20,21)22;/h3-6,11H,7-10,12H2,1-2H3,(H2,23,24,25);1H. The molecule has 154 valence electrons. The third-order valence-electron chi connectivity index (χ3n) is 4.86. The van der Waals surface area contributed by atoms with E-state index in [0.29, 0.717) is 23.9 Å². The van der Waals surface area contributed by atoms with Crippen LogP contribution in [0.15, 0.2) is 34.6 Å². The van der Waals surface area contributed by atoms with E-state index >= 15 is 0 Å². The number of hydrogen-bond donors (Lipinski definition) is 2. The quantitative estimate of drug-likeness (QED) is 0.332. The molecule has 0 spiro atoms. The molecule has 1 heterocycles. The van der Waals surface area contributed by atoms with Crippen molar-refractivity contribution in [2.24, 2.45) is 4.99 Å². The first-order valence-corrected chi connectivity index (χ1v) is 9.74. The van der Waals surface area contributed by atoms with Crippen molar-refractivity contribution in [2.75, 3.05) is 20.1 Å². The Labute approximate surface area is 184 Å². The predicted molar refractivity (Wildman–Crippen MR) is 118 cm³/mol. The number of thiazole rings is 1. The number of aryl methyl sites for hydroxylation is 1. The number of aliphatic imine (C=N–C) groups is 1. The van der Waals surface area contributed by atoms with Crippen LogP contribution in [0.25, 0.3) is 0 Å². The smallest absolute Gasteiger partial charge is 0.356 e. The van der Waals surface area contributed by atoms with Gasteiger partial charge in [0.05, 0.1) is 5.01 Å². The summed E-state index contributed by atoms with van der Waals surface area (Å²) >= 11 is 1.03. The minimum absolute atomic E-state index is 0. The van der Waals surface area contributed by atoms with Gasteiger partial charge in [-0.3, -0.25) is 4.99 Å². The minimum Gasteiger partial charge on any atom is -0.356 e. The Morgan fingerprint density at radius 2 is 1.96 bits per heavy atom. The molecule has 0 atom stereocenters.